The number of aryl methyl sites for hydroxylation is 3. The van der Waals surface area contributed by atoms with Crippen LogP contribution in [0.15, 0.2) is 41.1 Å². The van der Waals surface area contributed by atoms with Crippen molar-refractivity contribution >= 4 is 5.97 Å². The van der Waals surface area contributed by atoms with E-state index in [0.717, 1.165) is 17.5 Å². The maximum Gasteiger partial charge on any atom is 0.319 e. The molecule has 1 aliphatic carbocycles. The molecule has 2 N–H and O–H groups in total. The summed E-state index contributed by atoms with van der Waals surface area (Å²) in [6.07, 6.45) is 7.34. The first-order valence-electron chi connectivity index (χ1n) is 13.7. The summed E-state index contributed by atoms with van der Waals surface area (Å²) in [5.74, 6) is 2.43. The lowest BCUT2D eigenvalue weighted by molar-refractivity contribution is -0.142. The first-order chi connectivity index (χ1) is 19.0. The molecule has 39 heavy (non-hydrogen) atoms. The molecule has 1 fully saturated rings. The van der Waals surface area contributed by atoms with Crippen LogP contribution in [0.4, 0.5) is 0 Å². The van der Waals surface area contributed by atoms with Gasteiger partial charge in [0.15, 0.2) is 12.1 Å². The Balaban J connectivity index is 1.25. The van der Waals surface area contributed by atoms with Gasteiger partial charge in [-0.15, -0.1) is 0 Å². The van der Waals surface area contributed by atoms with Crippen LogP contribution < -0.4 is 14.8 Å². The quantitative estimate of drug-likeness (QED) is 0.166. The number of ether oxygens (including phenoxy) is 3. The molecule has 3 aromatic rings. The number of aliphatic hydroxyl groups is 1. The third-order valence-electron chi connectivity index (χ3n) is 6.68. The number of rotatable bonds is 15. The summed E-state index contributed by atoms with van der Waals surface area (Å²) in [5.41, 5.74) is 2.72. The van der Waals surface area contributed by atoms with Gasteiger partial charge in [0, 0.05) is 25.6 Å². The predicted molar refractivity (Wildman–Crippen MR) is 144 cm³/mol. The van der Waals surface area contributed by atoms with Gasteiger partial charge in [-0.25, -0.2) is 4.98 Å². The van der Waals surface area contributed by atoms with Crippen LogP contribution in [0, 0.1) is 12.8 Å². The van der Waals surface area contributed by atoms with Crippen LogP contribution >= 0.6 is 0 Å². The molecule has 210 valence electrons. The van der Waals surface area contributed by atoms with Crippen molar-refractivity contribution in [1.82, 2.24) is 20.4 Å². The molecule has 0 spiro atoms. The number of nitrogens with one attached hydrogen (secondary N) is 1. The lowest BCUT2D eigenvalue weighted by Crippen LogP contribution is -2.29. The normalized spacial score (nSPS) is 14.3. The molecule has 0 unspecified atom stereocenters. The van der Waals surface area contributed by atoms with Crippen LogP contribution in [0.5, 0.6) is 11.6 Å². The Bertz CT molecular complexity index is 1190. The van der Waals surface area contributed by atoms with E-state index < -0.39 is 6.29 Å². The second kappa shape index (κ2) is 14.6. The van der Waals surface area contributed by atoms with Crippen LogP contribution in [-0.4, -0.2) is 58.8 Å². The van der Waals surface area contributed by atoms with E-state index in [1.165, 1.54) is 25.7 Å². The van der Waals surface area contributed by atoms with E-state index in [1.54, 1.807) is 13.1 Å². The minimum atomic E-state index is -0.985. The highest BCUT2D eigenvalue weighted by molar-refractivity contribution is 5.71. The van der Waals surface area contributed by atoms with E-state index in [9.17, 15) is 9.90 Å². The summed E-state index contributed by atoms with van der Waals surface area (Å²) >= 11 is 0. The molecular weight excluding hydrogens is 500 g/mol. The second-order valence-electron chi connectivity index (χ2n) is 9.78. The van der Waals surface area contributed by atoms with Crippen LogP contribution in [0.1, 0.15) is 56.0 Å². The van der Waals surface area contributed by atoms with Crippen molar-refractivity contribution in [2.45, 2.75) is 65.1 Å². The maximum atomic E-state index is 11.3. The standard InChI is InChI=1S/C29H38N4O6/c1-3-36-27(35)18-30-16-14-26(34)38-24-12-10-21(17-20(24)2)11-13-25-32-29(39-33-25)23-9-6-15-31-28(23)37-19-22-7-4-5-8-22/h6,9-10,12,15,17,22,26,30,34H,3-5,7-8,11,13-14,16,18-19H2,1-2H3/t26-/m0/s1. The summed E-state index contributed by atoms with van der Waals surface area (Å²) in [5, 5.41) is 17.3. The van der Waals surface area contributed by atoms with Gasteiger partial charge in [-0.2, -0.15) is 4.98 Å². The van der Waals surface area contributed by atoms with Gasteiger partial charge in [0.05, 0.1) is 19.8 Å². The van der Waals surface area contributed by atoms with Gasteiger partial charge in [0.25, 0.3) is 5.89 Å². The predicted octanol–water partition coefficient (Wildman–Crippen LogP) is 4.03. The van der Waals surface area contributed by atoms with Gasteiger partial charge >= 0.3 is 5.97 Å². The molecule has 1 aromatic carbocycles. The van der Waals surface area contributed by atoms with Gasteiger partial charge < -0.3 is 29.2 Å². The third-order valence-corrected chi connectivity index (χ3v) is 6.68. The summed E-state index contributed by atoms with van der Waals surface area (Å²) in [7, 11) is 0. The molecule has 2 heterocycles. The smallest absolute Gasteiger partial charge is 0.319 e. The Morgan fingerprint density at radius 3 is 2.87 bits per heavy atom. The summed E-state index contributed by atoms with van der Waals surface area (Å²) in [6.45, 7) is 5.24. The summed E-state index contributed by atoms with van der Waals surface area (Å²) < 4.78 is 22.1. The number of carbonyl (C=O) groups excluding carboxylic acids is 1. The highest BCUT2D eigenvalue weighted by atomic mass is 16.6. The van der Waals surface area contributed by atoms with Gasteiger partial charge in [-0.3, -0.25) is 4.79 Å². The van der Waals surface area contributed by atoms with Crippen molar-refractivity contribution in [3.63, 3.8) is 0 Å². The molecular formula is C29H38N4O6. The van der Waals surface area contributed by atoms with Gasteiger partial charge in [-0.1, -0.05) is 30.1 Å². The van der Waals surface area contributed by atoms with Crippen molar-refractivity contribution in [2.75, 3.05) is 26.3 Å². The van der Waals surface area contributed by atoms with E-state index in [1.807, 2.05) is 37.3 Å². The number of hydrogen-bond acceptors (Lipinski definition) is 10. The summed E-state index contributed by atoms with van der Waals surface area (Å²) in [4.78, 5) is 20.3. The minimum absolute atomic E-state index is 0.105. The first kappa shape index (κ1) is 28.5. The molecule has 1 atom stereocenters. The lowest BCUT2D eigenvalue weighted by Gasteiger charge is -2.16. The molecule has 0 bridgehead atoms. The Hall–Kier alpha value is -3.50. The number of hydrogen-bond donors (Lipinski definition) is 2. The summed E-state index contributed by atoms with van der Waals surface area (Å²) in [6, 6.07) is 9.57. The van der Waals surface area contributed by atoms with Crippen LogP contribution in [0.2, 0.25) is 0 Å². The second-order valence-corrected chi connectivity index (χ2v) is 9.78. The van der Waals surface area contributed by atoms with Crippen molar-refractivity contribution in [1.29, 1.82) is 0 Å². The Kier molecular flexibility index (Phi) is 10.7. The highest BCUT2D eigenvalue weighted by Gasteiger charge is 2.19. The third kappa shape index (κ3) is 8.76. The number of nitrogens with zero attached hydrogens (tertiary/aromatic N) is 3. The first-order valence-corrected chi connectivity index (χ1v) is 13.7. The van der Waals surface area contributed by atoms with Crippen molar-refractivity contribution in [2.24, 2.45) is 5.92 Å². The van der Waals surface area contributed by atoms with Crippen LogP contribution in [0.3, 0.4) is 0 Å². The average molecular weight is 539 g/mol. The maximum absolute atomic E-state index is 11.3. The monoisotopic (exact) mass is 538 g/mol. The molecule has 0 radical (unpaired) electrons. The molecule has 0 amide bonds. The molecule has 1 aliphatic rings. The Labute approximate surface area is 229 Å². The number of carbonyl (C=O) groups is 1. The fourth-order valence-corrected chi connectivity index (χ4v) is 4.60. The Morgan fingerprint density at radius 2 is 2.08 bits per heavy atom. The number of pyridine rings is 1. The molecule has 2 aromatic heterocycles. The minimum Gasteiger partial charge on any atom is -0.477 e. The van der Waals surface area contributed by atoms with Gasteiger partial charge in [-0.05, 0) is 68.4 Å². The van der Waals surface area contributed by atoms with Gasteiger partial charge in [0.2, 0.25) is 5.88 Å². The molecule has 1 saturated carbocycles. The van der Waals surface area contributed by atoms with E-state index in [0.29, 0.717) is 67.4 Å². The highest BCUT2D eigenvalue weighted by Crippen LogP contribution is 2.30. The number of aromatic nitrogens is 3. The average Bonchev–Trinajstić information content (AvgIpc) is 3.63. The molecule has 10 nitrogen and oxygen atoms in total. The zero-order valence-corrected chi connectivity index (χ0v) is 22.7. The van der Waals surface area contributed by atoms with Crippen molar-refractivity contribution < 1.29 is 28.6 Å². The zero-order valence-electron chi connectivity index (χ0n) is 22.7. The topological polar surface area (TPSA) is 129 Å². The largest absolute Gasteiger partial charge is 0.477 e. The van der Waals surface area contributed by atoms with E-state index in [-0.39, 0.29) is 12.5 Å². The van der Waals surface area contributed by atoms with E-state index >= 15 is 0 Å². The number of aliphatic hydroxyl groups excluding tert-OH is 1. The van der Waals surface area contributed by atoms with Crippen molar-refractivity contribution in [3.8, 4) is 23.1 Å². The SMILES string of the molecule is CCOC(=O)CNCC[C@@H](O)Oc1ccc(CCc2noc(-c3cccnc3OCC3CCCC3)n2)cc1C. The fraction of sp³-hybridized carbons (Fsp3) is 0.517. The van der Waals surface area contributed by atoms with E-state index in [2.05, 4.69) is 20.4 Å². The molecule has 0 aliphatic heterocycles. The molecule has 10 heteroatoms. The van der Waals surface area contributed by atoms with Crippen LogP contribution in [0.25, 0.3) is 11.5 Å². The zero-order chi connectivity index (χ0) is 27.5. The molecule has 0 saturated heterocycles. The van der Waals surface area contributed by atoms with Gasteiger partial charge in [0.1, 0.15) is 11.3 Å². The van der Waals surface area contributed by atoms with Crippen molar-refractivity contribution in [3.05, 3.63) is 53.5 Å². The number of benzene rings is 1. The van der Waals surface area contributed by atoms with E-state index in [4.69, 9.17) is 18.7 Å². The Morgan fingerprint density at radius 1 is 1.23 bits per heavy atom. The lowest BCUT2D eigenvalue weighted by atomic mass is 10.1. The van der Waals surface area contributed by atoms with Crippen LogP contribution in [-0.2, 0) is 22.4 Å². The molecule has 4 rings (SSSR count). The number of esters is 1. The fourth-order valence-electron chi connectivity index (χ4n) is 4.60.